The Balaban J connectivity index is 2.73. The van der Waals surface area contributed by atoms with Gasteiger partial charge in [0, 0.05) is 5.56 Å². The Labute approximate surface area is 75.0 Å². The molecule has 0 saturated carbocycles. The minimum absolute atomic E-state index is 0.225. The third-order valence-electron chi connectivity index (χ3n) is 1.26. The molecule has 2 N–H and O–H groups in total. The van der Waals surface area contributed by atoms with Gasteiger partial charge in [-0.1, -0.05) is 42.5 Å². The quantitative estimate of drug-likeness (QED) is 0.647. The van der Waals surface area contributed by atoms with Gasteiger partial charge in [0.2, 0.25) is 0 Å². The maximum Gasteiger partial charge on any atom is 0.409 e. The van der Waals surface area contributed by atoms with E-state index in [0.717, 1.165) is 0 Å². The normalized spacial score (nSPS) is 9.00. The third-order valence-corrected chi connectivity index (χ3v) is 1.59. The maximum atomic E-state index is 10.2. The van der Waals surface area contributed by atoms with Gasteiger partial charge in [-0.2, -0.15) is 0 Å². The Morgan fingerprint density at radius 2 is 1.92 bits per heavy atom. The summed E-state index contributed by atoms with van der Waals surface area (Å²) in [4.78, 5) is 10.4. The van der Waals surface area contributed by atoms with Gasteiger partial charge < -0.3 is 5.11 Å². The summed E-state index contributed by atoms with van der Waals surface area (Å²) in [7, 11) is 0. The highest BCUT2D eigenvalue weighted by atomic mass is 32.1. The summed E-state index contributed by atoms with van der Waals surface area (Å²) < 4.78 is 0. The molecule has 0 aliphatic heterocycles. The highest BCUT2D eigenvalue weighted by molar-refractivity contribution is 7.80. The summed E-state index contributed by atoms with van der Waals surface area (Å²) in [5.74, 6) is 0. The van der Waals surface area contributed by atoms with Gasteiger partial charge in [0.05, 0.1) is 0 Å². The van der Waals surface area contributed by atoms with Crippen molar-refractivity contribution in [1.82, 2.24) is 5.32 Å². The van der Waals surface area contributed by atoms with Gasteiger partial charge in [-0.25, -0.2) is 4.79 Å². The van der Waals surface area contributed by atoms with Crippen LogP contribution < -0.4 is 5.32 Å². The Hall–Kier alpha value is -1.42. The number of carboxylic acid groups (broad SMARTS) is 1. The van der Waals surface area contributed by atoms with Crippen LogP contribution in [-0.2, 0) is 0 Å². The van der Waals surface area contributed by atoms with Crippen molar-refractivity contribution in [2.75, 3.05) is 0 Å². The molecule has 0 aliphatic rings. The van der Waals surface area contributed by atoms with Crippen molar-refractivity contribution in [2.24, 2.45) is 0 Å². The van der Waals surface area contributed by atoms with E-state index < -0.39 is 6.09 Å². The number of nitrogens with one attached hydrogen (secondary N) is 1. The molecule has 12 heavy (non-hydrogen) atoms. The molecule has 0 spiro atoms. The number of rotatable bonds is 1. The topological polar surface area (TPSA) is 49.3 Å². The zero-order valence-electron chi connectivity index (χ0n) is 6.15. The summed E-state index contributed by atoms with van der Waals surface area (Å²) in [6, 6.07) is 8.93. The fourth-order valence-corrected chi connectivity index (χ4v) is 0.982. The predicted octanol–water partition coefficient (Wildman–Crippen LogP) is 1.63. The van der Waals surface area contributed by atoms with Crippen LogP contribution in [-0.4, -0.2) is 16.2 Å². The van der Waals surface area contributed by atoms with Crippen molar-refractivity contribution in [3.05, 3.63) is 35.9 Å². The molecule has 1 aromatic carbocycles. The number of benzene rings is 1. The van der Waals surface area contributed by atoms with Crippen molar-refractivity contribution in [3.8, 4) is 0 Å². The fourth-order valence-electron chi connectivity index (χ4n) is 0.759. The highest BCUT2D eigenvalue weighted by Gasteiger charge is 2.02. The standard InChI is InChI=1S/C8H7NO2S/c10-8(11)9-7(12)6-4-2-1-3-5-6/h1-5H,(H,9,12)(H,10,11). The lowest BCUT2D eigenvalue weighted by Crippen LogP contribution is -2.27. The SMILES string of the molecule is O=C(O)NC(=S)c1ccccc1. The minimum Gasteiger partial charge on any atom is -0.465 e. The summed E-state index contributed by atoms with van der Waals surface area (Å²) in [5, 5.41) is 10.5. The number of carbonyl (C=O) groups is 1. The summed E-state index contributed by atoms with van der Waals surface area (Å²) in [6.07, 6.45) is -1.14. The van der Waals surface area contributed by atoms with Crippen molar-refractivity contribution in [2.45, 2.75) is 0 Å². The first-order chi connectivity index (χ1) is 5.70. The van der Waals surface area contributed by atoms with Gasteiger partial charge >= 0.3 is 6.09 Å². The van der Waals surface area contributed by atoms with E-state index in [1.165, 1.54) is 0 Å². The van der Waals surface area contributed by atoms with Gasteiger partial charge in [-0.3, -0.25) is 5.32 Å². The lowest BCUT2D eigenvalue weighted by atomic mass is 10.2. The average molecular weight is 181 g/mol. The van der Waals surface area contributed by atoms with Crippen LogP contribution in [0.1, 0.15) is 5.56 Å². The van der Waals surface area contributed by atoms with E-state index >= 15 is 0 Å². The van der Waals surface area contributed by atoms with Gasteiger partial charge in [0.1, 0.15) is 4.99 Å². The molecular weight excluding hydrogens is 174 g/mol. The zero-order chi connectivity index (χ0) is 8.97. The van der Waals surface area contributed by atoms with E-state index in [1.54, 1.807) is 24.3 Å². The average Bonchev–Trinajstić information content (AvgIpc) is 2.05. The lowest BCUT2D eigenvalue weighted by molar-refractivity contribution is 0.200. The summed E-state index contributed by atoms with van der Waals surface area (Å²) in [6.45, 7) is 0. The molecule has 0 bridgehead atoms. The molecule has 0 atom stereocenters. The monoisotopic (exact) mass is 181 g/mol. The van der Waals surface area contributed by atoms with Crippen molar-refractivity contribution in [3.63, 3.8) is 0 Å². The first kappa shape index (κ1) is 8.67. The Bertz CT molecular complexity index is 297. The highest BCUT2D eigenvalue weighted by Crippen LogP contribution is 1.98. The Morgan fingerprint density at radius 1 is 1.33 bits per heavy atom. The molecule has 1 amide bonds. The molecule has 0 unspecified atom stereocenters. The van der Waals surface area contributed by atoms with Crippen LogP contribution in [0.3, 0.4) is 0 Å². The predicted molar refractivity (Wildman–Crippen MR) is 49.3 cm³/mol. The third kappa shape index (κ3) is 2.32. The molecule has 0 fully saturated rings. The second-order valence-electron chi connectivity index (χ2n) is 2.13. The van der Waals surface area contributed by atoms with Crippen LogP contribution in [0.5, 0.6) is 0 Å². The smallest absolute Gasteiger partial charge is 0.409 e. The second-order valence-corrected chi connectivity index (χ2v) is 2.53. The van der Waals surface area contributed by atoms with Gasteiger partial charge in [-0.15, -0.1) is 0 Å². The summed E-state index contributed by atoms with van der Waals surface area (Å²) in [5.41, 5.74) is 0.704. The first-order valence-electron chi connectivity index (χ1n) is 3.29. The van der Waals surface area contributed by atoms with Crippen molar-refractivity contribution < 1.29 is 9.90 Å². The van der Waals surface area contributed by atoms with E-state index in [4.69, 9.17) is 17.3 Å². The number of thiocarbonyl (C=S) groups is 1. The second kappa shape index (κ2) is 3.82. The fraction of sp³-hybridized carbons (Fsp3) is 0. The van der Waals surface area contributed by atoms with E-state index in [9.17, 15) is 4.79 Å². The van der Waals surface area contributed by atoms with Crippen LogP contribution in [0.4, 0.5) is 4.79 Å². The minimum atomic E-state index is -1.14. The molecule has 0 aromatic heterocycles. The molecule has 3 nitrogen and oxygen atoms in total. The molecule has 4 heteroatoms. The molecular formula is C8H7NO2S. The molecule has 0 heterocycles. The van der Waals surface area contributed by atoms with Crippen LogP contribution in [0.2, 0.25) is 0 Å². The Kier molecular flexibility index (Phi) is 2.76. The van der Waals surface area contributed by atoms with Crippen LogP contribution in [0.25, 0.3) is 0 Å². The molecule has 1 aromatic rings. The number of amides is 1. The van der Waals surface area contributed by atoms with Crippen LogP contribution in [0, 0.1) is 0 Å². The van der Waals surface area contributed by atoms with Crippen LogP contribution >= 0.6 is 12.2 Å². The molecule has 0 radical (unpaired) electrons. The number of hydrogen-bond acceptors (Lipinski definition) is 2. The van der Waals surface area contributed by atoms with Crippen molar-refractivity contribution >= 4 is 23.3 Å². The molecule has 62 valence electrons. The molecule has 0 saturated heterocycles. The van der Waals surface area contributed by atoms with E-state index in [0.29, 0.717) is 5.56 Å². The Morgan fingerprint density at radius 3 is 2.42 bits per heavy atom. The van der Waals surface area contributed by atoms with E-state index in [2.05, 4.69) is 5.32 Å². The summed E-state index contributed by atoms with van der Waals surface area (Å²) >= 11 is 4.80. The van der Waals surface area contributed by atoms with Gasteiger partial charge in [0.15, 0.2) is 0 Å². The van der Waals surface area contributed by atoms with Gasteiger partial charge in [-0.05, 0) is 0 Å². The van der Waals surface area contributed by atoms with Gasteiger partial charge in [0.25, 0.3) is 0 Å². The lowest BCUT2D eigenvalue weighted by Gasteiger charge is -2.01. The molecule has 1 rings (SSSR count). The first-order valence-corrected chi connectivity index (χ1v) is 3.70. The van der Waals surface area contributed by atoms with Crippen LogP contribution in [0.15, 0.2) is 30.3 Å². The van der Waals surface area contributed by atoms with E-state index in [1.807, 2.05) is 6.07 Å². The maximum absolute atomic E-state index is 10.2. The number of hydrogen-bond donors (Lipinski definition) is 2. The zero-order valence-corrected chi connectivity index (χ0v) is 6.97. The molecule has 0 aliphatic carbocycles. The van der Waals surface area contributed by atoms with E-state index in [-0.39, 0.29) is 4.99 Å². The van der Waals surface area contributed by atoms with Crippen molar-refractivity contribution in [1.29, 1.82) is 0 Å². The largest absolute Gasteiger partial charge is 0.465 e.